The predicted molar refractivity (Wildman–Crippen MR) is 88.1 cm³/mol. The fourth-order valence-electron chi connectivity index (χ4n) is 2.38. The van der Waals surface area contributed by atoms with Gasteiger partial charge in [-0.25, -0.2) is 0 Å². The first-order chi connectivity index (χ1) is 10.5. The lowest BCUT2D eigenvalue weighted by Gasteiger charge is -2.13. The van der Waals surface area contributed by atoms with Gasteiger partial charge in [-0.3, -0.25) is 14.8 Å². The van der Waals surface area contributed by atoms with Crippen molar-refractivity contribution >= 4 is 5.91 Å². The molecule has 22 heavy (non-hydrogen) atoms. The third-order valence-corrected chi connectivity index (χ3v) is 3.62. The molecule has 0 bridgehead atoms. The van der Waals surface area contributed by atoms with Crippen molar-refractivity contribution in [1.29, 1.82) is 0 Å². The molecule has 116 valence electrons. The Balaban J connectivity index is 2.03. The van der Waals surface area contributed by atoms with Crippen LogP contribution in [0, 0.1) is 13.8 Å². The molecule has 0 radical (unpaired) electrons. The Hall–Kier alpha value is -2.23. The van der Waals surface area contributed by atoms with E-state index in [1.165, 1.54) is 0 Å². The molecule has 4 heteroatoms. The van der Waals surface area contributed by atoms with E-state index in [1.807, 2.05) is 38.1 Å². The van der Waals surface area contributed by atoms with Crippen LogP contribution >= 0.6 is 0 Å². The van der Waals surface area contributed by atoms with Crippen LogP contribution in [0.5, 0.6) is 0 Å². The Morgan fingerprint density at radius 3 is 2.68 bits per heavy atom. The predicted octanol–water partition coefficient (Wildman–Crippen LogP) is 3.19. The SMILES string of the molecule is Cc1ccc(C(=O)NCCc2ncccc2C)c(C(C)C)n1. The van der Waals surface area contributed by atoms with Crippen molar-refractivity contribution in [3.63, 3.8) is 0 Å². The van der Waals surface area contributed by atoms with E-state index in [-0.39, 0.29) is 11.8 Å². The van der Waals surface area contributed by atoms with E-state index >= 15 is 0 Å². The summed E-state index contributed by atoms with van der Waals surface area (Å²) in [6, 6.07) is 7.69. The lowest BCUT2D eigenvalue weighted by Crippen LogP contribution is -2.27. The van der Waals surface area contributed by atoms with Gasteiger partial charge >= 0.3 is 0 Å². The van der Waals surface area contributed by atoms with Crippen LogP contribution in [0.1, 0.15) is 52.8 Å². The van der Waals surface area contributed by atoms with Gasteiger partial charge in [-0.1, -0.05) is 19.9 Å². The number of aromatic nitrogens is 2. The molecule has 4 nitrogen and oxygen atoms in total. The molecule has 1 N–H and O–H groups in total. The summed E-state index contributed by atoms with van der Waals surface area (Å²) in [5, 5.41) is 2.97. The largest absolute Gasteiger partial charge is 0.352 e. The van der Waals surface area contributed by atoms with E-state index in [4.69, 9.17) is 0 Å². The van der Waals surface area contributed by atoms with Gasteiger partial charge in [0.25, 0.3) is 5.91 Å². The second-order valence-corrected chi connectivity index (χ2v) is 5.81. The van der Waals surface area contributed by atoms with Gasteiger partial charge in [0, 0.05) is 30.6 Å². The number of carbonyl (C=O) groups excluding carboxylic acids is 1. The number of rotatable bonds is 5. The topological polar surface area (TPSA) is 54.9 Å². The number of hydrogen-bond donors (Lipinski definition) is 1. The molecule has 0 atom stereocenters. The standard InChI is InChI=1S/C18H23N3O/c1-12(2)17-15(8-7-14(4)21-17)18(22)20-11-9-16-13(3)6-5-10-19-16/h5-8,10,12H,9,11H2,1-4H3,(H,20,22). The Morgan fingerprint density at radius 1 is 1.23 bits per heavy atom. The summed E-state index contributed by atoms with van der Waals surface area (Å²) in [5.74, 6) is 0.156. The number of aryl methyl sites for hydroxylation is 2. The summed E-state index contributed by atoms with van der Waals surface area (Å²) in [6.45, 7) is 8.65. The zero-order valence-electron chi connectivity index (χ0n) is 13.7. The quantitative estimate of drug-likeness (QED) is 0.922. The van der Waals surface area contributed by atoms with Crippen molar-refractivity contribution in [3.8, 4) is 0 Å². The van der Waals surface area contributed by atoms with E-state index in [1.54, 1.807) is 6.20 Å². The van der Waals surface area contributed by atoms with E-state index in [9.17, 15) is 4.79 Å². The highest BCUT2D eigenvalue weighted by atomic mass is 16.1. The van der Waals surface area contributed by atoms with E-state index in [0.717, 1.165) is 29.1 Å². The zero-order chi connectivity index (χ0) is 16.1. The van der Waals surface area contributed by atoms with Crippen LogP contribution in [-0.4, -0.2) is 22.4 Å². The van der Waals surface area contributed by atoms with Gasteiger partial charge in [0.1, 0.15) is 0 Å². The molecular weight excluding hydrogens is 274 g/mol. The maximum Gasteiger partial charge on any atom is 0.253 e. The third kappa shape index (κ3) is 3.91. The molecule has 0 aliphatic heterocycles. The summed E-state index contributed by atoms with van der Waals surface area (Å²) >= 11 is 0. The third-order valence-electron chi connectivity index (χ3n) is 3.62. The first-order valence-electron chi connectivity index (χ1n) is 7.65. The first kappa shape index (κ1) is 16.1. The summed E-state index contributed by atoms with van der Waals surface area (Å²) in [6.07, 6.45) is 2.51. The van der Waals surface area contributed by atoms with Gasteiger partial charge in [0.05, 0.1) is 11.3 Å². The normalized spacial score (nSPS) is 10.8. The van der Waals surface area contributed by atoms with Crippen LogP contribution in [0.2, 0.25) is 0 Å². The summed E-state index contributed by atoms with van der Waals surface area (Å²) in [4.78, 5) is 21.2. The van der Waals surface area contributed by atoms with Gasteiger partial charge in [-0.2, -0.15) is 0 Å². The highest BCUT2D eigenvalue weighted by molar-refractivity contribution is 5.95. The smallest absolute Gasteiger partial charge is 0.253 e. The summed E-state index contributed by atoms with van der Waals surface area (Å²) in [7, 11) is 0. The molecule has 0 aliphatic carbocycles. The van der Waals surface area contributed by atoms with Crippen LogP contribution < -0.4 is 5.32 Å². The Bertz CT molecular complexity index is 665. The highest BCUT2D eigenvalue weighted by Crippen LogP contribution is 2.17. The minimum atomic E-state index is -0.0650. The van der Waals surface area contributed by atoms with Crippen LogP contribution in [0.25, 0.3) is 0 Å². The Kier molecular flexibility index (Phi) is 5.26. The minimum Gasteiger partial charge on any atom is -0.352 e. The van der Waals surface area contributed by atoms with Crippen LogP contribution in [0.15, 0.2) is 30.5 Å². The lowest BCUT2D eigenvalue weighted by molar-refractivity contribution is 0.0952. The van der Waals surface area contributed by atoms with Gasteiger partial charge in [0.15, 0.2) is 0 Å². The van der Waals surface area contributed by atoms with E-state index in [2.05, 4.69) is 29.1 Å². The molecular formula is C18H23N3O. The van der Waals surface area contributed by atoms with Crippen LogP contribution in [0.4, 0.5) is 0 Å². The number of hydrogen-bond acceptors (Lipinski definition) is 3. The van der Waals surface area contributed by atoms with Gasteiger partial charge < -0.3 is 5.32 Å². The molecule has 2 aromatic heterocycles. The number of nitrogens with one attached hydrogen (secondary N) is 1. The monoisotopic (exact) mass is 297 g/mol. The number of amides is 1. The molecule has 2 rings (SSSR count). The summed E-state index contributed by atoms with van der Waals surface area (Å²) in [5.41, 5.74) is 4.62. The van der Waals surface area contributed by atoms with Gasteiger partial charge in [-0.15, -0.1) is 0 Å². The van der Waals surface area contributed by atoms with Crippen molar-refractivity contribution < 1.29 is 4.79 Å². The molecule has 0 saturated carbocycles. The molecule has 0 aromatic carbocycles. The van der Waals surface area contributed by atoms with E-state index in [0.29, 0.717) is 12.1 Å². The zero-order valence-corrected chi connectivity index (χ0v) is 13.7. The molecule has 0 aliphatic rings. The first-order valence-corrected chi connectivity index (χ1v) is 7.65. The van der Waals surface area contributed by atoms with Crippen molar-refractivity contribution in [2.75, 3.05) is 6.54 Å². The fraction of sp³-hybridized carbons (Fsp3) is 0.389. The number of nitrogens with zero attached hydrogens (tertiary/aromatic N) is 2. The second kappa shape index (κ2) is 7.16. The highest BCUT2D eigenvalue weighted by Gasteiger charge is 2.15. The lowest BCUT2D eigenvalue weighted by atomic mass is 10.0. The number of pyridine rings is 2. The Morgan fingerprint density at radius 2 is 2.00 bits per heavy atom. The molecule has 0 fully saturated rings. The minimum absolute atomic E-state index is 0.0650. The van der Waals surface area contributed by atoms with E-state index < -0.39 is 0 Å². The second-order valence-electron chi connectivity index (χ2n) is 5.81. The molecule has 0 spiro atoms. The van der Waals surface area contributed by atoms with Crippen molar-refractivity contribution in [3.05, 3.63) is 58.7 Å². The molecule has 0 saturated heterocycles. The van der Waals surface area contributed by atoms with Crippen molar-refractivity contribution in [2.24, 2.45) is 0 Å². The summed E-state index contributed by atoms with van der Waals surface area (Å²) < 4.78 is 0. The average molecular weight is 297 g/mol. The van der Waals surface area contributed by atoms with Crippen molar-refractivity contribution in [1.82, 2.24) is 15.3 Å². The molecule has 2 heterocycles. The Labute approximate surface area is 132 Å². The average Bonchev–Trinajstić information content (AvgIpc) is 2.49. The molecule has 1 amide bonds. The number of carbonyl (C=O) groups is 1. The maximum absolute atomic E-state index is 12.4. The molecule has 2 aromatic rings. The van der Waals surface area contributed by atoms with Gasteiger partial charge in [0.2, 0.25) is 0 Å². The van der Waals surface area contributed by atoms with Crippen LogP contribution in [0.3, 0.4) is 0 Å². The van der Waals surface area contributed by atoms with Gasteiger partial charge in [-0.05, 0) is 43.5 Å². The molecule has 0 unspecified atom stereocenters. The van der Waals surface area contributed by atoms with Crippen molar-refractivity contribution in [2.45, 2.75) is 40.0 Å². The fourth-order valence-corrected chi connectivity index (χ4v) is 2.38. The van der Waals surface area contributed by atoms with Crippen LogP contribution in [-0.2, 0) is 6.42 Å². The maximum atomic E-state index is 12.4.